The lowest BCUT2D eigenvalue weighted by Gasteiger charge is -2.10. The zero-order valence-corrected chi connectivity index (χ0v) is 10.3. The van der Waals surface area contributed by atoms with E-state index in [0.717, 1.165) is 12.8 Å². The van der Waals surface area contributed by atoms with Crippen LogP contribution in [0.25, 0.3) is 0 Å². The van der Waals surface area contributed by atoms with Gasteiger partial charge in [-0.2, -0.15) is 0 Å². The Hall–Kier alpha value is -1.04. The van der Waals surface area contributed by atoms with Crippen LogP contribution in [0, 0.1) is 0 Å². The van der Waals surface area contributed by atoms with E-state index in [1.165, 1.54) is 35.1 Å². The molecule has 82 valence electrons. The molecule has 0 aliphatic heterocycles. The van der Waals surface area contributed by atoms with Gasteiger partial charge in [0.15, 0.2) is 0 Å². The van der Waals surface area contributed by atoms with Gasteiger partial charge in [0.05, 0.1) is 0 Å². The molecule has 1 aromatic rings. The topological polar surface area (TPSA) is 0 Å². The summed E-state index contributed by atoms with van der Waals surface area (Å²) in [5, 5.41) is 0. The molecule has 1 aromatic carbocycles. The van der Waals surface area contributed by atoms with Gasteiger partial charge in [-0.25, -0.2) is 0 Å². The number of allylic oxidation sites excluding steroid dienone is 1. The summed E-state index contributed by atoms with van der Waals surface area (Å²) < 4.78 is 0. The summed E-state index contributed by atoms with van der Waals surface area (Å²) in [4.78, 5) is 0. The Bertz CT molecular complexity index is 334. The first-order valence-corrected chi connectivity index (χ1v) is 5.92. The van der Waals surface area contributed by atoms with Crippen molar-refractivity contribution in [2.45, 2.75) is 46.5 Å². The fourth-order valence-electron chi connectivity index (χ4n) is 1.95. The lowest BCUT2D eigenvalue weighted by molar-refractivity contribution is 0.912. The lowest BCUT2D eigenvalue weighted by Crippen LogP contribution is -1.96. The molecule has 0 bridgehead atoms. The lowest BCUT2D eigenvalue weighted by atomic mass is 9.96. The highest BCUT2D eigenvalue weighted by Crippen LogP contribution is 2.17. The molecule has 0 amide bonds. The van der Waals surface area contributed by atoms with E-state index in [9.17, 15) is 0 Å². The minimum absolute atomic E-state index is 1.02. The summed E-state index contributed by atoms with van der Waals surface area (Å²) >= 11 is 0. The van der Waals surface area contributed by atoms with E-state index >= 15 is 0 Å². The Labute approximate surface area is 94.0 Å². The highest BCUT2D eigenvalue weighted by atomic mass is 14.1. The largest absolute Gasteiger partial charge is 0.0998 e. The van der Waals surface area contributed by atoms with Gasteiger partial charge in [0, 0.05) is 0 Å². The highest BCUT2D eigenvalue weighted by molar-refractivity contribution is 5.34. The molecule has 0 atom stereocenters. The second-order valence-corrected chi connectivity index (χ2v) is 4.34. The number of hydrogen-bond donors (Lipinski definition) is 0. The van der Waals surface area contributed by atoms with Gasteiger partial charge in [-0.1, -0.05) is 50.6 Å². The molecule has 0 radical (unpaired) electrons. The minimum Gasteiger partial charge on any atom is -0.0998 e. The molecule has 15 heavy (non-hydrogen) atoms. The van der Waals surface area contributed by atoms with Crippen LogP contribution in [-0.4, -0.2) is 0 Å². The van der Waals surface area contributed by atoms with E-state index in [2.05, 4.69) is 45.5 Å². The molecule has 1 rings (SSSR count). The summed E-state index contributed by atoms with van der Waals surface area (Å²) in [5.74, 6) is 0. The molecule has 0 unspecified atom stereocenters. The first-order chi connectivity index (χ1) is 7.17. The number of rotatable bonds is 5. The third-order valence-corrected chi connectivity index (χ3v) is 2.68. The van der Waals surface area contributed by atoms with Crippen molar-refractivity contribution in [1.29, 1.82) is 0 Å². The van der Waals surface area contributed by atoms with Gasteiger partial charge >= 0.3 is 0 Å². The molecule has 0 spiro atoms. The van der Waals surface area contributed by atoms with Gasteiger partial charge in [-0.3, -0.25) is 0 Å². The maximum atomic E-state index is 3.98. The van der Waals surface area contributed by atoms with E-state index in [1.54, 1.807) is 0 Å². The van der Waals surface area contributed by atoms with Crippen molar-refractivity contribution in [3.05, 3.63) is 47.0 Å². The van der Waals surface area contributed by atoms with Crippen molar-refractivity contribution < 1.29 is 0 Å². The molecule has 0 saturated heterocycles. The average Bonchev–Trinajstić information content (AvgIpc) is 2.20. The molecule has 0 saturated carbocycles. The molecule has 0 aliphatic rings. The smallest absolute Gasteiger partial charge is 0.00698 e. The van der Waals surface area contributed by atoms with Gasteiger partial charge in [0.2, 0.25) is 0 Å². The fourth-order valence-corrected chi connectivity index (χ4v) is 1.95. The second kappa shape index (κ2) is 5.75. The maximum Gasteiger partial charge on any atom is -0.00698 e. The van der Waals surface area contributed by atoms with Crippen molar-refractivity contribution in [3.63, 3.8) is 0 Å². The van der Waals surface area contributed by atoms with Crippen LogP contribution in [0.15, 0.2) is 30.4 Å². The quantitative estimate of drug-likeness (QED) is 0.624. The molecular formula is C15H22. The average molecular weight is 202 g/mol. The van der Waals surface area contributed by atoms with Crippen molar-refractivity contribution in [2.24, 2.45) is 0 Å². The van der Waals surface area contributed by atoms with Crippen LogP contribution in [0.3, 0.4) is 0 Å². The van der Waals surface area contributed by atoms with Gasteiger partial charge < -0.3 is 0 Å². The summed E-state index contributed by atoms with van der Waals surface area (Å²) in [6.07, 6.45) is 4.57. The van der Waals surface area contributed by atoms with E-state index in [4.69, 9.17) is 0 Å². The van der Waals surface area contributed by atoms with Gasteiger partial charge in [-0.05, 0) is 42.9 Å². The summed E-state index contributed by atoms with van der Waals surface area (Å²) in [6, 6.07) is 6.90. The normalized spacial score (nSPS) is 10.3. The number of aryl methyl sites for hydroxylation is 2. The number of hydrogen-bond acceptors (Lipinski definition) is 0. The Morgan fingerprint density at radius 1 is 1.20 bits per heavy atom. The molecular weight excluding hydrogens is 180 g/mol. The Morgan fingerprint density at radius 3 is 2.47 bits per heavy atom. The first-order valence-electron chi connectivity index (χ1n) is 5.92. The van der Waals surface area contributed by atoms with Crippen molar-refractivity contribution in [2.75, 3.05) is 0 Å². The van der Waals surface area contributed by atoms with E-state index in [0.29, 0.717) is 0 Å². The minimum atomic E-state index is 1.02. The van der Waals surface area contributed by atoms with Crippen molar-refractivity contribution >= 4 is 0 Å². The third-order valence-electron chi connectivity index (χ3n) is 2.68. The van der Waals surface area contributed by atoms with Crippen LogP contribution in [0.1, 0.15) is 43.9 Å². The number of benzene rings is 1. The Kier molecular flexibility index (Phi) is 4.61. The first kappa shape index (κ1) is 12.0. The molecule has 0 N–H and O–H groups in total. The van der Waals surface area contributed by atoms with Gasteiger partial charge in [0.1, 0.15) is 0 Å². The molecule has 0 heterocycles. The molecule has 0 fully saturated rings. The van der Waals surface area contributed by atoms with Crippen LogP contribution in [0.5, 0.6) is 0 Å². The molecule has 0 heteroatoms. The Morgan fingerprint density at radius 2 is 1.93 bits per heavy atom. The van der Waals surface area contributed by atoms with E-state index in [1.807, 2.05) is 0 Å². The predicted octanol–water partition coefficient (Wildman–Crippen LogP) is 4.32. The third kappa shape index (κ3) is 3.54. The van der Waals surface area contributed by atoms with Gasteiger partial charge in [0.25, 0.3) is 0 Å². The molecule has 0 aliphatic carbocycles. The highest BCUT2D eigenvalue weighted by Gasteiger charge is 2.02. The van der Waals surface area contributed by atoms with Crippen molar-refractivity contribution in [3.8, 4) is 0 Å². The monoisotopic (exact) mass is 202 g/mol. The van der Waals surface area contributed by atoms with Crippen LogP contribution >= 0.6 is 0 Å². The second-order valence-electron chi connectivity index (χ2n) is 4.34. The zero-order valence-electron chi connectivity index (χ0n) is 10.3. The molecule has 0 aromatic heterocycles. The van der Waals surface area contributed by atoms with Crippen LogP contribution in [0.2, 0.25) is 0 Å². The SMILES string of the molecule is C=C(C)Cc1ccc(CCC)cc1CC. The van der Waals surface area contributed by atoms with Crippen LogP contribution in [-0.2, 0) is 19.3 Å². The van der Waals surface area contributed by atoms with Gasteiger partial charge in [-0.15, -0.1) is 0 Å². The molecule has 0 nitrogen and oxygen atoms in total. The Balaban J connectivity index is 2.92. The standard InChI is InChI=1S/C15H22/c1-5-7-13-8-9-15(10-12(3)4)14(6-2)11-13/h8-9,11H,3,5-7,10H2,1-2,4H3. The van der Waals surface area contributed by atoms with E-state index in [-0.39, 0.29) is 0 Å². The zero-order chi connectivity index (χ0) is 11.3. The predicted molar refractivity (Wildman–Crippen MR) is 68.3 cm³/mol. The summed E-state index contributed by atoms with van der Waals surface area (Å²) in [6.45, 7) is 10.5. The van der Waals surface area contributed by atoms with Crippen molar-refractivity contribution in [1.82, 2.24) is 0 Å². The maximum absolute atomic E-state index is 3.98. The van der Waals surface area contributed by atoms with Crippen LogP contribution in [0.4, 0.5) is 0 Å². The fraction of sp³-hybridized carbons (Fsp3) is 0.467. The summed E-state index contributed by atoms with van der Waals surface area (Å²) in [5.41, 5.74) is 5.65. The van der Waals surface area contributed by atoms with E-state index < -0.39 is 0 Å². The van der Waals surface area contributed by atoms with Crippen LogP contribution < -0.4 is 0 Å². The summed E-state index contributed by atoms with van der Waals surface area (Å²) in [7, 11) is 0.